The van der Waals surface area contributed by atoms with E-state index in [1.54, 1.807) is 22.6 Å². The molecule has 0 aliphatic carbocycles. The van der Waals surface area contributed by atoms with E-state index in [9.17, 15) is 9.59 Å². The van der Waals surface area contributed by atoms with Crippen LogP contribution in [0.25, 0.3) is 16.9 Å². The Morgan fingerprint density at radius 3 is 2.90 bits per heavy atom. The van der Waals surface area contributed by atoms with Gasteiger partial charge in [0.15, 0.2) is 11.5 Å². The zero-order chi connectivity index (χ0) is 20.7. The second-order valence-electron chi connectivity index (χ2n) is 7.00. The van der Waals surface area contributed by atoms with E-state index < -0.39 is 0 Å². The monoisotopic (exact) mass is 394 g/mol. The summed E-state index contributed by atoms with van der Waals surface area (Å²) >= 11 is 0. The molecule has 0 bridgehead atoms. The third-order valence-corrected chi connectivity index (χ3v) is 5.35. The lowest BCUT2D eigenvalue weighted by atomic mass is 10.2. The van der Waals surface area contributed by atoms with Gasteiger partial charge < -0.3 is 15.4 Å². The van der Waals surface area contributed by atoms with Gasteiger partial charge >= 0.3 is 5.69 Å². The highest BCUT2D eigenvalue weighted by atomic mass is 16.5. The van der Waals surface area contributed by atoms with Crippen LogP contribution in [0.2, 0.25) is 0 Å². The van der Waals surface area contributed by atoms with Crippen LogP contribution in [0.5, 0.6) is 5.75 Å². The molecule has 1 aliphatic rings. The minimum absolute atomic E-state index is 0.151. The summed E-state index contributed by atoms with van der Waals surface area (Å²) in [4.78, 5) is 35.6. The third kappa shape index (κ3) is 2.95. The minimum Gasteiger partial charge on any atom is -0.496 e. The number of hydrogen-bond donors (Lipinski definition) is 1. The molecule has 9 heteroatoms. The number of anilines is 1. The van der Waals surface area contributed by atoms with Crippen molar-refractivity contribution in [3.63, 3.8) is 0 Å². The van der Waals surface area contributed by atoms with Crippen LogP contribution in [-0.4, -0.2) is 50.1 Å². The van der Waals surface area contributed by atoms with Crippen LogP contribution < -0.4 is 16.2 Å². The van der Waals surface area contributed by atoms with Crippen molar-refractivity contribution < 1.29 is 9.53 Å². The number of aryl methyl sites for hydroxylation is 1. The third-order valence-electron chi connectivity index (χ3n) is 5.35. The number of amides is 1. The first-order chi connectivity index (χ1) is 14.0. The number of methoxy groups -OCH3 is 1. The van der Waals surface area contributed by atoms with Crippen LogP contribution >= 0.6 is 0 Å². The molecule has 1 unspecified atom stereocenters. The van der Waals surface area contributed by atoms with Crippen LogP contribution in [0.15, 0.2) is 42.0 Å². The first-order valence-electron chi connectivity index (χ1n) is 9.26. The van der Waals surface area contributed by atoms with Crippen LogP contribution in [0.3, 0.4) is 0 Å². The summed E-state index contributed by atoms with van der Waals surface area (Å²) in [5.74, 6) is 0.721. The zero-order valence-corrected chi connectivity index (χ0v) is 16.3. The Morgan fingerprint density at radius 2 is 2.17 bits per heavy atom. The molecule has 29 heavy (non-hydrogen) atoms. The van der Waals surface area contributed by atoms with Gasteiger partial charge in [0.25, 0.3) is 0 Å². The zero-order valence-electron chi connectivity index (χ0n) is 16.3. The molecule has 1 amide bonds. The van der Waals surface area contributed by atoms with Crippen molar-refractivity contribution in [3.05, 3.63) is 53.2 Å². The van der Waals surface area contributed by atoms with E-state index in [2.05, 4.69) is 16.5 Å². The van der Waals surface area contributed by atoms with Crippen LogP contribution in [-0.2, 0) is 4.79 Å². The summed E-state index contributed by atoms with van der Waals surface area (Å²) < 4.78 is 8.52. The van der Waals surface area contributed by atoms with Crippen LogP contribution in [0, 0.1) is 6.92 Å². The fourth-order valence-corrected chi connectivity index (χ4v) is 3.87. The van der Waals surface area contributed by atoms with Gasteiger partial charge in [0.2, 0.25) is 5.91 Å². The summed E-state index contributed by atoms with van der Waals surface area (Å²) in [7, 11) is 1.58. The Morgan fingerprint density at radius 1 is 1.38 bits per heavy atom. The predicted molar refractivity (Wildman–Crippen MR) is 109 cm³/mol. The predicted octanol–water partition coefficient (Wildman–Crippen LogP) is 1.44. The normalized spacial score (nSPS) is 16.3. The molecule has 4 rings (SSSR count). The first-order valence-corrected chi connectivity index (χ1v) is 9.26. The van der Waals surface area contributed by atoms with Crippen molar-refractivity contribution in [3.8, 4) is 11.4 Å². The number of imidazole rings is 1. The van der Waals surface area contributed by atoms with Crippen molar-refractivity contribution >= 4 is 22.9 Å². The molecular formula is C20H22N6O3. The summed E-state index contributed by atoms with van der Waals surface area (Å²) in [6, 6.07) is 5.29. The molecule has 3 aromatic rings. The number of benzene rings is 1. The fraction of sp³-hybridized carbons (Fsp3) is 0.300. The van der Waals surface area contributed by atoms with E-state index in [1.807, 2.05) is 19.1 Å². The Labute approximate surface area is 167 Å². The number of nitrogens with zero attached hydrogens (tertiary/aromatic N) is 5. The second kappa shape index (κ2) is 7.08. The van der Waals surface area contributed by atoms with Crippen molar-refractivity contribution in [2.24, 2.45) is 0 Å². The highest BCUT2D eigenvalue weighted by molar-refractivity contribution is 5.87. The van der Waals surface area contributed by atoms with Gasteiger partial charge in [-0.05, 0) is 31.1 Å². The lowest BCUT2D eigenvalue weighted by Gasteiger charge is -2.14. The average Bonchev–Trinajstić information content (AvgIpc) is 3.31. The Bertz CT molecular complexity index is 1180. The topological polar surface area (TPSA) is 108 Å². The summed E-state index contributed by atoms with van der Waals surface area (Å²) in [5, 5.41) is 0. The molecule has 1 atom stereocenters. The summed E-state index contributed by atoms with van der Waals surface area (Å²) in [5.41, 5.74) is 8.31. The van der Waals surface area contributed by atoms with Crippen LogP contribution in [0.4, 0.5) is 5.82 Å². The number of hydrogen-bond acceptors (Lipinski definition) is 6. The van der Waals surface area contributed by atoms with E-state index >= 15 is 0 Å². The summed E-state index contributed by atoms with van der Waals surface area (Å²) in [6.07, 6.45) is 3.27. The van der Waals surface area contributed by atoms with E-state index in [1.165, 1.54) is 17.0 Å². The molecule has 0 spiro atoms. The van der Waals surface area contributed by atoms with Crippen LogP contribution in [0.1, 0.15) is 18.0 Å². The van der Waals surface area contributed by atoms with Gasteiger partial charge in [-0.25, -0.2) is 14.8 Å². The molecule has 2 aromatic heterocycles. The van der Waals surface area contributed by atoms with Crippen molar-refractivity contribution in [2.45, 2.75) is 19.4 Å². The highest BCUT2D eigenvalue weighted by Gasteiger charge is 2.31. The first kappa shape index (κ1) is 18.7. The number of nitrogens with two attached hydrogens (primary N) is 1. The van der Waals surface area contributed by atoms with Gasteiger partial charge in [-0.3, -0.25) is 13.9 Å². The standard InChI is InChI=1S/C20H22N6O3/c1-4-16(27)24-8-7-14(10-24)26-19-17(18(21)22-11-23-19)25(20(26)28)13-6-5-12(2)15(9-13)29-3/h4-6,9,11,14H,1,7-8,10H2,2-3H3,(H2,21,22,23). The molecule has 150 valence electrons. The Hall–Kier alpha value is -3.62. The molecule has 9 nitrogen and oxygen atoms in total. The largest absolute Gasteiger partial charge is 0.496 e. The number of carbonyl (C=O) groups excluding carboxylic acids is 1. The van der Waals surface area contributed by atoms with Crippen molar-refractivity contribution in [2.75, 3.05) is 25.9 Å². The lowest BCUT2D eigenvalue weighted by molar-refractivity contribution is -0.125. The van der Waals surface area contributed by atoms with Gasteiger partial charge in [0.1, 0.15) is 17.6 Å². The number of nitrogen functional groups attached to an aromatic ring is 1. The maximum atomic E-state index is 13.5. The second-order valence-corrected chi connectivity index (χ2v) is 7.00. The van der Waals surface area contributed by atoms with Crippen molar-refractivity contribution in [1.29, 1.82) is 0 Å². The average molecular weight is 394 g/mol. The maximum absolute atomic E-state index is 13.5. The quantitative estimate of drug-likeness (QED) is 0.671. The molecule has 0 radical (unpaired) electrons. The molecule has 1 aromatic carbocycles. The molecular weight excluding hydrogens is 372 g/mol. The number of aromatic nitrogens is 4. The van der Waals surface area contributed by atoms with Gasteiger partial charge in [-0.15, -0.1) is 0 Å². The molecule has 0 saturated carbocycles. The van der Waals surface area contributed by atoms with Gasteiger partial charge in [-0.1, -0.05) is 12.6 Å². The molecule has 1 saturated heterocycles. The molecule has 2 N–H and O–H groups in total. The number of carbonyl (C=O) groups is 1. The van der Waals surface area contributed by atoms with Gasteiger partial charge in [0, 0.05) is 19.2 Å². The smallest absolute Gasteiger partial charge is 0.335 e. The minimum atomic E-state index is -0.281. The number of likely N-dealkylation sites (tertiary alicyclic amines) is 1. The van der Waals surface area contributed by atoms with Gasteiger partial charge in [-0.2, -0.15) is 0 Å². The number of rotatable bonds is 4. The number of ether oxygens (including phenoxy) is 1. The van der Waals surface area contributed by atoms with E-state index in [0.717, 1.165) is 5.56 Å². The SMILES string of the molecule is C=CC(=O)N1CCC(n2c(=O)n(-c3ccc(C)c(OC)c3)c3c(N)ncnc32)C1. The van der Waals surface area contributed by atoms with E-state index in [4.69, 9.17) is 10.5 Å². The Balaban J connectivity index is 1.92. The molecule has 1 fully saturated rings. The van der Waals surface area contributed by atoms with E-state index in [-0.39, 0.29) is 23.5 Å². The number of fused-ring (bicyclic) bond motifs is 1. The molecule has 3 heterocycles. The molecule has 1 aliphatic heterocycles. The maximum Gasteiger partial charge on any atom is 0.335 e. The van der Waals surface area contributed by atoms with Gasteiger partial charge in [0.05, 0.1) is 18.8 Å². The fourth-order valence-electron chi connectivity index (χ4n) is 3.87. The summed E-state index contributed by atoms with van der Waals surface area (Å²) in [6.45, 7) is 6.42. The lowest BCUT2D eigenvalue weighted by Crippen LogP contribution is -2.31. The highest BCUT2D eigenvalue weighted by Crippen LogP contribution is 2.29. The van der Waals surface area contributed by atoms with Crippen molar-refractivity contribution in [1.82, 2.24) is 24.0 Å². The van der Waals surface area contributed by atoms with E-state index in [0.29, 0.717) is 42.1 Å². The Kier molecular flexibility index (Phi) is 4.57.